The number of esters is 1. The van der Waals surface area contributed by atoms with Gasteiger partial charge in [-0.1, -0.05) is 33.1 Å². The Morgan fingerprint density at radius 3 is 2.33 bits per heavy atom. The van der Waals surface area contributed by atoms with Crippen molar-refractivity contribution in [3.05, 3.63) is 12.2 Å². The summed E-state index contributed by atoms with van der Waals surface area (Å²) in [4.78, 5) is 11.3. The maximum atomic E-state index is 11.3. The molecule has 0 spiro atoms. The van der Waals surface area contributed by atoms with Gasteiger partial charge in [0.15, 0.2) is 0 Å². The van der Waals surface area contributed by atoms with Crippen LogP contribution in [-0.2, 0) is 14.3 Å². The van der Waals surface area contributed by atoms with Gasteiger partial charge in [0.1, 0.15) is 0 Å². The normalized spacial score (nSPS) is 15.0. The van der Waals surface area contributed by atoms with Crippen LogP contribution in [0.2, 0.25) is 25.7 Å². The van der Waals surface area contributed by atoms with Gasteiger partial charge in [-0.2, -0.15) is 0 Å². The summed E-state index contributed by atoms with van der Waals surface area (Å²) in [7, 11) is -1.30. The Bertz CT molecular complexity index is 283. The predicted octanol–water partition coefficient (Wildman–Crippen LogP) is 2.56. The van der Waals surface area contributed by atoms with E-state index in [1.54, 1.807) is 6.92 Å². The molecule has 0 aromatic carbocycles. The van der Waals surface area contributed by atoms with E-state index in [4.69, 9.17) is 9.47 Å². The van der Waals surface area contributed by atoms with Crippen molar-refractivity contribution < 1.29 is 19.4 Å². The second-order valence-electron chi connectivity index (χ2n) is 5.78. The highest BCUT2D eigenvalue weighted by Gasteiger charge is 2.21. The first kappa shape index (κ1) is 17.3. The quantitative estimate of drug-likeness (QED) is 0.320. The van der Waals surface area contributed by atoms with Gasteiger partial charge in [-0.3, -0.25) is 0 Å². The smallest absolute Gasteiger partial charge is 0.335 e. The molecule has 106 valence electrons. The summed E-state index contributed by atoms with van der Waals surface area (Å²) in [6, 6.07) is 0.776. The lowest BCUT2D eigenvalue weighted by molar-refractivity contribution is -0.179. The number of aliphatic hydroxyl groups is 1. The van der Waals surface area contributed by atoms with Crippen molar-refractivity contribution in [3.63, 3.8) is 0 Å². The van der Waals surface area contributed by atoms with E-state index in [0.29, 0.717) is 12.0 Å². The molecule has 0 aliphatic heterocycles. The average molecular weight is 274 g/mol. The molecule has 0 bridgehead atoms. The topological polar surface area (TPSA) is 55.8 Å². The lowest BCUT2D eigenvalue weighted by Gasteiger charge is -2.23. The van der Waals surface area contributed by atoms with Gasteiger partial charge in [0.05, 0.1) is 12.7 Å². The van der Waals surface area contributed by atoms with Crippen molar-refractivity contribution in [2.45, 2.75) is 58.3 Å². The second-order valence-corrected chi connectivity index (χ2v) is 11.3. The van der Waals surface area contributed by atoms with E-state index in [0.717, 1.165) is 6.04 Å². The zero-order valence-corrected chi connectivity index (χ0v) is 13.2. The van der Waals surface area contributed by atoms with E-state index in [1.807, 2.05) is 6.92 Å². The first-order valence-corrected chi connectivity index (χ1v) is 10.0. The Kier molecular flexibility index (Phi) is 7.43. The third-order valence-corrected chi connectivity index (χ3v) is 3.94. The van der Waals surface area contributed by atoms with E-state index >= 15 is 0 Å². The number of hydrogen-bond donors (Lipinski definition) is 1. The molecular formula is C13H26O4Si. The molecule has 0 amide bonds. The molecule has 0 fully saturated rings. The van der Waals surface area contributed by atoms with E-state index in [-0.39, 0.29) is 6.61 Å². The Morgan fingerprint density at radius 2 is 1.94 bits per heavy atom. The standard InChI is InChI=1S/C13H26O4Si/c1-7-12(17-13(15)10(2)3)16-8-11(14)9-18(4,5)6/h11-12,14H,2,7-9H2,1,3-6H3. The lowest BCUT2D eigenvalue weighted by Crippen LogP contribution is -2.32. The van der Waals surface area contributed by atoms with Gasteiger partial charge in [-0.15, -0.1) is 0 Å². The summed E-state index contributed by atoms with van der Waals surface area (Å²) in [5.41, 5.74) is 0.347. The molecule has 1 N–H and O–H groups in total. The predicted molar refractivity (Wildman–Crippen MR) is 75.1 cm³/mol. The van der Waals surface area contributed by atoms with Gasteiger partial charge in [0, 0.05) is 20.1 Å². The van der Waals surface area contributed by atoms with E-state index in [9.17, 15) is 9.90 Å². The molecule has 2 atom stereocenters. The van der Waals surface area contributed by atoms with Crippen LogP contribution in [-0.4, -0.2) is 38.2 Å². The third kappa shape index (κ3) is 8.44. The first-order valence-electron chi connectivity index (χ1n) is 6.32. The fraction of sp³-hybridized carbons (Fsp3) is 0.769. The summed E-state index contributed by atoms with van der Waals surface area (Å²) in [5.74, 6) is -0.457. The Balaban J connectivity index is 4.08. The van der Waals surface area contributed by atoms with Gasteiger partial charge in [0.2, 0.25) is 6.29 Å². The van der Waals surface area contributed by atoms with Crippen LogP contribution in [0.5, 0.6) is 0 Å². The fourth-order valence-electron chi connectivity index (χ4n) is 1.44. The minimum Gasteiger partial charge on any atom is -0.432 e. The number of carbonyl (C=O) groups excluding carboxylic acids is 1. The zero-order chi connectivity index (χ0) is 14.3. The molecule has 0 aliphatic rings. The fourth-order valence-corrected chi connectivity index (χ4v) is 2.97. The van der Waals surface area contributed by atoms with Gasteiger partial charge < -0.3 is 14.6 Å². The number of hydrogen-bond acceptors (Lipinski definition) is 4. The van der Waals surface area contributed by atoms with E-state index in [2.05, 4.69) is 26.2 Å². The highest BCUT2D eigenvalue weighted by atomic mass is 28.3. The summed E-state index contributed by atoms with van der Waals surface area (Å²) >= 11 is 0. The van der Waals surface area contributed by atoms with Crippen LogP contribution < -0.4 is 0 Å². The average Bonchev–Trinajstić information content (AvgIpc) is 2.21. The second kappa shape index (κ2) is 7.71. The largest absolute Gasteiger partial charge is 0.432 e. The minimum atomic E-state index is -1.30. The molecule has 18 heavy (non-hydrogen) atoms. The van der Waals surface area contributed by atoms with Crippen molar-refractivity contribution in [3.8, 4) is 0 Å². The molecule has 0 heterocycles. The molecule has 5 heteroatoms. The van der Waals surface area contributed by atoms with Crippen LogP contribution in [0.4, 0.5) is 0 Å². The number of ether oxygens (including phenoxy) is 2. The van der Waals surface area contributed by atoms with Crippen molar-refractivity contribution in [1.29, 1.82) is 0 Å². The van der Waals surface area contributed by atoms with Gasteiger partial charge >= 0.3 is 5.97 Å². The van der Waals surface area contributed by atoms with Crippen molar-refractivity contribution >= 4 is 14.0 Å². The molecule has 0 saturated heterocycles. The molecule has 0 aromatic heterocycles. The van der Waals surface area contributed by atoms with E-state index < -0.39 is 26.4 Å². The van der Waals surface area contributed by atoms with Crippen LogP contribution in [0.1, 0.15) is 20.3 Å². The molecule has 0 aromatic rings. The third-order valence-electron chi connectivity index (χ3n) is 2.24. The van der Waals surface area contributed by atoms with Gasteiger partial charge in [-0.05, 0) is 13.0 Å². The van der Waals surface area contributed by atoms with Crippen LogP contribution >= 0.6 is 0 Å². The summed E-state index contributed by atoms with van der Waals surface area (Å²) in [6.45, 7) is 13.7. The molecule has 2 unspecified atom stereocenters. The summed E-state index contributed by atoms with van der Waals surface area (Å²) in [6.07, 6.45) is -0.543. The molecule has 4 nitrogen and oxygen atoms in total. The van der Waals surface area contributed by atoms with Gasteiger partial charge in [0.25, 0.3) is 0 Å². The monoisotopic (exact) mass is 274 g/mol. The van der Waals surface area contributed by atoms with Crippen molar-refractivity contribution in [2.75, 3.05) is 6.61 Å². The molecular weight excluding hydrogens is 248 g/mol. The zero-order valence-electron chi connectivity index (χ0n) is 12.2. The van der Waals surface area contributed by atoms with E-state index in [1.165, 1.54) is 0 Å². The maximum absolute atomic E-state index is 11.3. The first-order chi connectivity index (χ1) is 8.15. The Labute approximate surface area is 111 Å². The summed E-state index contributed by atoms with van der Waals surface area (Å²) in [5, 5.41) is 9.82. The summed E-state index contributed by atoms with van der Waals surface area (Å²) < 4.78 is 10.5. The van der Waals surface area contributed by atoms with Crippen LogP contribution in [0.15, 0.2) is 12.2 Å². The number of carbonyl (C=O) groups is 1. The van der Waals surface area contributed by atoms with Crippen molar-refractivity contribution in [1.82, 2.24) is 0 Å². The van der Waals surface area contributed by atoms with Crippen LogP contribution in [0.25, 0.3) is 0 Å². The minimum absolute atomic E-state index is 0.201. The Morgan fingerprint density at radius 1 is 1.39 bits per heavy atom. The molecule has 0 aliphatic carbocycles. The Hall–Kier alpha value is -0.653. The van der Waals surface area contributed by atoms with Crippen LogP contribution in [0.3, 0.4) is 0 Å². The molecule has 0 saturated carbocycles. The lowest BCUT2D eigenvalue weighted by atomic mass is 10.3. The number of rotatable bonds is 8. The van der Waals surface area contributed by atoms with Gasteiger partial charge in [-0.25, -0.2) is 4.79 Å². The molecule has 0 radical (unpaired) electrons. The van der Waals surface area contributed by atoms with Crippen molar-refractivity contribution in [2.24, 2.45) is 0 Å². The number of aliphatic hydroxyl groups excluding tert-OH is 1. The highest BCUT2D eigenvalue weighted by Crippen LogP contribution is 2.13. The molecule has 0 rings (SSSR count). The van der Waals surface area contributed by atoms with Crippen LogP contribution in [0, 0.1) is 0 Å². The highest BCUT2D eigenvalue weighted by molar-refractivity contribution is 6.76. The SMILES string of the molecule is C=C(C)C(=O)OC(CC)OCC(O)C[Si](C)(C)C. The maximum Gasteiger partial charge on any atom is 0.335 e.